The fraction of sp³-hybridized carbons (Fsp3) is 0.103. The molecule has 5 nitrogen and oxygen atoms in total. The maximum Gasteiger partial charge on any atom is 0.268 e. The maximum atomic E-state index is 11.0. The summed E-state index contributed by atoms with van der Waals surface area (Å²) < 4.78 is 309. The van der Waals surface area contributed by atoms with Crippen LogP contribution in [0.4, 0.5) is 0 Å². The number of benzene rings is 12. The Morgan fingerprint density at radius 2 is 1.04 bits per heavy atom. The minimum absolute atomic E-state index is 0. The Kier molecular flexibility index (Phi) is 9.20. The summed E-state index contributed by atoms with van der Waals surface area (Å²) in [6.07, 6.45) is 4.57. The summed E-state index contributed by atoms with van der Waals surface area (Å²) in [7, 11) is -6.49. The molecule has 460 valence electrons. The molecule has 0 aliphatic heterocycles. The molecule has 0 fully saturated rings. The van der Waals surface area contributed by atoms with Gasteiger partial charge in [0.1, 0.15) is 5.82 Å². The van der Waals surface area contributed by atoms with Gasteiger partial charge in [0.25, 0.3) is 6.33 Å². The van der Waals surface area contributed by atoms with E-state index in [2.05, 4.69) is 66.1 Å². The third-order valence-electron chi connectivity index (χ3n) is 16.2. The van der Waals surface area contributed by atoms with Gasteiger partial charge in [0.15, 0.2) is 8.07 Å². The first-order valence-electron chi connectivity index (χ1n) is 45.5. The molecule has 0 radical (unpaired) electrons. The number of hydrogen-bond donors (Lipinski definition) is 0. The van der Waals surface area contributed by atoms with E-state index in [-0.39, 0.29) is 83.0 Å². The van der Waals surface area contributed by atoms with Crippen molar-refractivity contribution in [2.75, 3.05) is 0 Å². The first kappa shape index (κ1) is 34.6. The van der Waals surface area contributed by atoms with Gasteiger partial charge in [-0.3, -0.25) is 4.57 Å². The summed E-state index contributed by atoms with van der Waals surface area (Å²) in [6, 6.07) is 8.98. The molecular weight excluding hydrogens is 1340 g/mol. The summed E-state index contributed by atoms with van der Waals surface area (Å²) >= 11 is 0. The molecular formula is C87H70N4OPtSi-2. The van der Waals surface area contributed by atoms with Crippen molar-refractivity contribution in [3.05, 3.63) is 332 Å². The van der Waals surface area contributed by atoms with Crippen molar-refractivity contribution in [1.29, 1.82) is 0 Å². The van der Waals surface area contributed by atoms with Gasteiger partial charge in [-0.25, -0.2) is 4.98 Å². The van der Waals surface area contributed by atoms with Crippen LogP contribution in [0.1, 0.15) is 102 Å². The van der Waals surface area contributed by atoms with Crippen LogP contribution in [0, 0.1) is 25.3 Å². The minimum Gasteiger partial charge on any atom is -0.510 e. The molecule has 15 aromatic rings. The third-order valence-corrected chi connectivity index (χ3v) is 20.2. The van der Waals surface area contributed by atoms with Crippen molar-refractivity contribution in [2.24, 2.45) is 0 Å². The van der Waals surface area contributed by atoms with Crippen LogP contribution >= 0.6 is 0 Å². The largest absolute Gasteiger partial charge is 0.510 e. The van der Waals surface area contributed by atoms with Gasteiger partial charge in [-0.2, -0.15) is 18.2 Å². The molecule has 0 N–H and O–H groups in total. The SMILES string of the molecule is [2H]c1c([2H])c([2H])c(-c2cnc(-n3c4[c-]c(Oc5[c-]c(-n6[c-][n+](-c7c(-c8c([2H])c([2H])c([2H])c([2H])c8[2H])cccc7-c7c([2H])c([2H])c([2H])c([Si](c8c([2H])c([2H])c([2H])c([2H])c8[2H])(c8c([2H])c([2H])c([2H])c([2H])c8[2H])c8c([2H])c([2H])c([2H])c([2H])c8[2H])c7[2H])c7ccc(-c8cc(C(C)(C)C)cc(C(C)(C)C)c8)cc76)ccc5)ccc4c4ccccc43)cc2C([2H])([2H])[2H])c([2H])c1[2H].[Pt]. The summed E-state index contributed by atoms with van der Waals surface area (Å²) in [4.78, 5) is 4.71. The van der Waals surface area contributed by atoms with Crippen molar-refractivity contribution < 1.29 is 74.2 Å². The summed E-state index contributed by atoms with van der Waals surface area (Å²) in [5.41, 5.74) is 0.548. The summed E-state index contributed by atoms with van der Waals surface area (Å²) in [5.74, 6) is 0.120. The monoisotopic (exact) mass is 1440 g/mol. The van der Waals surface area contributed by atoms with Gasteiger partial charge in [-0.15, -0.1) is 29.7 Å². The van der Waals surface area contributed by atoms with E-state index in [1.165, 1.54) is 33.4 Å². The third kappa shape index (κ3) is 11.2. The van der Waals surface area contributed by atoms with E-state index in [0.29, 0.717) is 27.4 Å². The Bertz CT molecular complexity index is 6890. The van der Waals surface area contributed by atoms with Gasteiger partial charge >= 0.3 is 0 Å². The normalized spacial score (nSPS) is 16.8. The Balaban J connectivity index is 0.0000129. The van der Waals surface area contributed by atoms with Crippen LogP contribution in [0.15, 0.2) is 297 Å². The van der Waals surface area contributed by atoms with E-state index >= 15 is 0 Å². The van der Waals surface area contributed by atoms with Gasteiger partial charge < -0.3 is 13.9 Å². The van der Waals surface area contributed by atoms with Crippen molar-refractivity contribution in [3.63, 3.8) is 0 Å². The van der Waals surface area contributed by atoms with Crippen molar-refractivity contribution in [3.8, 4) is 73.2 Å². The smallest absolute Gasteiger partial charge is 0.268 e. The second-order valence-corrected chi connectivity index (χ2v) is 27.5. The van der Waals surface area contributed by atoms with Gasteiger partial charge in [0.05, 0.1) is 56.5 Å². The molecule has 7 heteroatoms. The molecule has 0 aliphatic carbocycles. The van der Waals surface area contributed by atoms with E-state index in [4.69, 9.17) is 28.9 Å². The molecule has 0 aliphatic rings. The minimum atomic E-state index is -6.49. The molecule has 0 unspecified atom stereocenters. The number of nitrogens with zero attached hydrogens (tertiary/aromatic N) is 4. The number of aryl methyl sites for hydroxylation is 1. The zero-order valence-corrected chi connectivity index (χ0v) is 54.3. The molecule has 0 amide bonds. The van der Waals surface area contributed by atoms with Crippen LogP contribution < -0.4 is 30.1 Å². The predicted molar refractivity (Wildman–Crippen MR) is 387 cm³/mol. The van der Waals surface area contributed by atoms with Gasteiger partial charge in [0, 0.05) is 54.0 Å². The van der Waals surface area contributed by atoms with E-state index in [1.54, 1.807) is 65.2 Å². The zero-order valence-electron chi connectivity index (χ0n) is 83.1. The number of fused-ring (bicyclic) bond motifs is 4. The molecule has 94 heavy (non-hydrogen) atoms. The van der Waals surface area contributed by atoms with E-state index in [9.17, 15) is 24.7 Å². The Hall–Kier alpha value is -10.2. The predicted octanol–water partition coefficient (Wildman–Crippen LogP) is 18.5. The van der Waals surface area contributed by atoms with Crippen LogP contribution in [0.25, 0.3) is 94.5 Å². The van der Waals surface area contributed by atoms with E-state index < -0.39 is 238 Å². The van der Waals surface area contributed by atoms with Gasteiger partial charge in [-0.05, 0) is 123 Å². The Morgan fingerprint density at radius 3 is 1.67 bits per heavy atom. The Labute approximate surface area is 612 Å². The molecule has 15 rings (SSSR count). The quantitative estimate of drug-likeness (QED) is 0.0499. The standard InChI is InChI=1S/C87H70N4OSi.Pt/c1-60-50-84(88-58-79(60)62-30-15-9-16-31-62)91-80-45-24-23-42-77(80)78-48-47-70(57-82(78)91)92-69-34-26-33-68(56-69)89-59-90(81-49-46-63(54-83(81)89)65-51-66(86(2,3)4)55-67(52-65)87(5,6)7)85-75(61-28-13-8-14-29-61)43-27-44-76(85)64-32-25-41-74(53-64)93(71-35-17-10-18-36-71,72-37-19-11-20-38-72)73-39-21-12-22-40-73;/h8-55,58H,1-7H3;/q-2;/i1D3,8D,9D,10D,11D,12D,13D,14D,15D,16D,17D,18D,19D,20D,21D,22D,25D,28D,29D,30D,31D,32D,35D,36D,37D,38D,39D,40D,41D,53D;. The molecule has 3 heterocycles. The van der Waals surface area contributed by atoms with Crippen molar-refractivity contribution in [2.45, 2.75) is 59.2 Å². The molecule has 0 bridgehead atoms. The fourth-order valence-corrected chi connectivity index (χ4v) is 15.2. The van der Waals surface area contributed by atoms with E-state index in [1.807, 2.05) is 24.3 Å². The van der Waals surface area contributed by atoms with Crippen LogP contribution in [-0.2, 0) is 31.9 Å². The average Bonchev–Trinajstić information content (AvgIpc) is 0.906. The molecule has 0 atom stereocenters. The van der Waals surface area contributed by atoms with Crippen LogP contribution in [-0.4, -0.2) is 22.2 Å². The number of rotatable bonds is 13. The van der Waals surface area contributed by atoms with Gasteiger partial charge in [-0.1, -0.05) is 289 Å². The molecule has 12 aromatic carbocycles. The first-order chi connectivity index (χ1) is 58.5. The number of hydrogen-bond acceptors (Lipinski definition) is 2. The zero-order chi connectivity index (χ0) is 91.2. The fourth-order valence-electron chi connectivity index (χ4n) is 11.7. The molecule has 0 saturated heterocycles. The second-order valence-electron chi connectivity index (χ2n) is 24.0. The summed E-state index contributed by atoms with van der Waals surface area (Å²) in [6.45, 7) is 9.48. The molecule has 0 saturated carbocycles. The maximum absolute atomic E-state index is 11.0. The van der Waals surface area contributed by atoms with Crippen LogP contribution in [0.5, 0.6) is 11.5 Å². The van der Waals surface area contributed by atoms with Gasteiger partial charge in [0.2, 0.25) is 0 Å². The number of ether oxygens (including phenoxy) is 1. The van der Waals surface area contributed by atoms with Crippen molar-refractivity contribution in [1.82, 2.24) is 14.1 Å². The van der Waals surface area contributed by atoms with Crippen molar-refractivity contribution >= 4 is 61.7 Å². The summed E-state index contributed by atoms with van der Waals surface area (Å²) in [5, 5.41) is -3.13. The number of aromatic nitrogens is 4. The number of para-hydroxylation sites is 2. The van der Waals surface area contributed by atoms with Crippen LogP contribution in [0.2, 0.25) is 0 Å². The average molecular weight is 1440 g/mol. The van der Waals surface area contributed by atoms with Crippen LogP contribution in [0.3, 0.4) is 0 Å². The first-order valence-corrected chi connectivity index (χ1v) is 31.5. The molecule has 3 aromatic heterocycles. The number of pyridine rings is 1. The topological polar surface area (TPSA) is 35.9 Å². The Morgan fingerprint density at radius 1 is 0.479 bits per heavy atom. The molecule has 0 spiro atoms. The second kappa shape index (κ2) is 25.0. The van der Waals surface area contributed by atoms with E-state index in [0.717, 1.165) is 22.9 Å². The number of imidazole rings is 1.